The monoisotopic (exact) mass is 374 g/mol. The standard InChI is InChI=1S/C18H16ClFN4O2/c19-15-10-14(3-4-16(15)20)26-12-17(25)23-6-8-24(9-7-23)18-13(11-21)2-1-5-22-18/h1-5,10H,6-9,12H2. The SMILES string of the molecule is N#Cc1cccnc1N1CCN(C(=O)COc2ccc(F)c(Cl)c2)CC1. The third-order valence-electron chi connectivity index (χ3n) is 4.09. The van der Waals surface area contributed by atoms with Crippen LogP contribution in [0.1, 0.15) is 5.56 Å². The minimum absolute atomic E-state index is 0.0489. The van der Waals surface area contributed by atoms with Crippen molar-refractivity contribution in [3.63, 3.8) is 0 Å². The Kier molecular flexibility index (Phi) is 5.54. The van der Waals surface area contributed by atoms with Crippen LogP contribution in [0, 0.1) is 17.1 Å². The lowest BCUT2D eigenvalue weighted by molar-refractivity contribution is -0.133. The minimum Gasteiger partial charge on any atom is -0.484 e. The van der Waals surface area contributed by atoms with Gasteiger partial charge in [-0.05, 0) is 24.3 Å². The number of piperazine rings is 1. The Morgan fingerprint density at radius 3 is 2.77 bits per heavy atom. The summed E-state index contributed by atoms with van der Waals surface area (Å²) in [5.41, 5.74) is 0.517. The molecule has 8 heteroatoms. The number of anilines is 1. The number of hydrogen-bond acceptors (Lipinski definition) is 5. The molecular formula is C18H16ClFN4O2. The van der Waals surface area contributed by atoms with E-state index in [0.717, 1.165) is 0 Å². The molecule has 0 saturated carbocycles. The number of benzene rings is 1. The molecule has 0 aliphatic carbocycles. The van der Waals surface area contributed by atoms with Gasteiger partial charge in [0, 0.05) is 38.4 Å². The number of amides is 1. The van der Waals surface area contributed by atoms with E-state index in [4.69, 9.17) is 16.3 Å². The number of hydrogen-bond donors (Lipinski definition) is 0. The topological polar surface area (TPSA) is 69.5 Å². The lowest BCUT2D eigenvalue weighted by Crippen LogP contribution is -2.50. The third kappa shape index (κ3) is 4.03. The van der Waals surface area contributed by atoms with E-state index in [1.807, 2.05) is 4.90 Å². The van der Waals surface area contributed by atoms with Gasteiger partial charge < -0.3 is 14.5 Å². The van der Waals surface area contributed by atoms with Gasteiger partial charge in [0.05, 0.1) is 10.6 Å². The maximum absolute atomic E-state index is 13.1. The van der Waals surface area contributed by atoms with Crippen molar-refractivity contribution in [2.45, 2.75) is 0 Å². The number of carbonyl (C=O) groups excluding carboxylic acids is 1. The first kappa shape index (κ1) is 18.0. The summed E-state index contributed by atoms with van der Waals surface area (Å²) in [4.78, 5) is 20.2. The Balaban J connectivity index is 1.53. The molecule has 0 N–H and O–H groups in total. The molecule has 0 unspecified atom stereocenters. The van der Waals surface area contributed by atoms with Gasteiger partial charge >= 0.3 is 0 Å². The summed E-state index contributed by atoms with van der Waals surface area (Å²) < 4.78 is 18.5. The average molecular weight is 375 g/mol. The first-order chi connectivity index (χ1) is 12.6. The highest BCUT2D eigenvalue weighted by Crippen LogP contribution is 2.21. The van der Waals surface area contributed by atoms with Gasteiger partial charge in [0.15, 0.2) is 6.61 Å². The number of pyridine rings is 1. The summed E-state index contributed by atoms with van der Waals surface area (Å²) >= 11 is 5.69. The molecule has 3 rings (SSSR count). The van der Waals surface area contributed by atoms with Gasteiger partial charge in [-0.25, -0.2) is 9.37 Å². The average Bonchev–Trinajstić information content (AvgIpc) is 2.68. The van der Waals surface area contributed by atoms with E-state index in [-0.39, 0.29) is 17.5 Å². The molecule has 1 aromatic heterocycles. The van der Waals surface area contributed by atoms with E-state index in [1.54, 1.807) is 23.2 Å². The number of ether oxygens (including phenoxy) is 1. The van der Waals surface area contributed by atoms with Crippen LogP contribution in [-0.4, -0.2) is 48.6 Å². The lowest BCUT2D eigenvalue weighted by atomic mass is 10.2. The van der Waals surface area contributed by atoms with Gasteiger partial charge in [-0.1, -0.05) is 11.6 Å². The van der Waals surface area contributed by atoms with Gasteiger partial charge in [-0.15, -0.1) is 0 Å². The molecule has 2 heterocycles. The maximum atomic E-state index is 13.1. The number of nitrogens with zero attached hydrogens (tertiary/aromatic N) is 4. The van der Waals surface area contributed by atoms with Crippen LogP contribution in [0.15, 0.2) is 36.5 Å². The molecule has 1 saturated heterocycles. The summed E-state index contributed by atoms with van der Waals surface area (Å²) in [6.07, 6.45) is 1.65. The molecule has 2 aromatic rings. The quantitative estimate of drug-likeness (QED) is 0.822. The van der Waals surface area contributed by atoms with Crippen molar-refractivity contribution < 1.29 is 13.9 Å². The van der Waals surface area contributed by atoms with Gasteiger partial charge in [-0.3, -0.25) is 4.79 Å². The molecule has 1 fully saturated rings. The molecule has 134 valence electrons. The largest absolute Gasteiger partial charge is 0.484 e. The first-order valence-electron chi connectivity index (χ1n) is 8.04. The zero-order valence-electron chi connectivity index (χ0n) is 13.9. The van der Waals surface area contributed by atoms with Gasteiger partial charge in [0.25, 0.3) is 5.91 Å². The molecule has 26 heavy (non-hydrogen) atoms. The lowest BCUT2D eigenvalue weighted by Gasteiger charge is -2.35. The van der Waals surface area contributed by atoms with Crippen LogP contribution in [-0.2, 0) is 4.79 Å². The number of nitriles is 1. The number of halogens is 2. The van der Waals surface area contributed by atoms with Crippen molar-refractivity contribution >= 4 is 23.3 Å². The normalized spacial score (nSPS) is 14.0. The molecule has 0 atom stereocenters. The maximum Gasteiger partial charge on any atom is 0.260 e. The third-order valence-corrected chi connectivity index (χ3v) is 4.38. The summed E-state index contributed by atoms with van der Waals surface area (Å²) in [5, 5.41) is 9.12. The minimum atomic E-state index is -0.535. The van der Waals surface area contributed by atoms with Crippen molar-refractivity contribution in [3.8, 4) is 11.8 Å². The van der Waals surface area contributed by atoms with Crippen LogP contribution in [0.4, 0.5) is 10.2 Å². The highest BCUT2D eigenvalue weighted by Gasteiger charge is 2.23. The molecule has 1 aliphatic heterocycles. The van der Waals surface area contributed by atoms with E-state index < -0.39 is 5.82 Å². The first-order valence-corrected chi connectivity index (χ1v) is 8.42. The van der Waals surface area contributed by atoms with Crippen molar-refractivity contribution in [3.05, 3.63) is 52.9 Å². The fourth-order valence-electron chi connectivity index (χ4n) is 2.71. The van der Waals surface area contributed by atoms with Crippen LogP contribution in [0.3, 0.4) is 0 Å². The molecule has 6 nitrogen and oxygen atoms in total. The van der Waals surface area contributed by atoms with Crippen LogP contribution in [0.5, 0.6) is 5.75 Å². The number of aromatic nitrogens is 1. The van der Waals surface area contributed by atoms with Crippen molar-refractivity contribution in [2.75, 3.05) is 37.7 Å². The van der Waals surface area contributed by atoms with Crippen LogP contribution in [0.2, 0.25) is 5.02 Å². The Labute approximate surface area is 155 Å². The fraction of sp³-hybridized carbons (Fsp3) is 0.278. The summed E-state index contributed by atoms with van der Waals surface area (Å²) in [7, 11) is 0. The molecule has 0 bridgehead atoms. The Morgan fingerprint density at radius 1 is 1.31 bits per heavy atom. The summed E-state index contributed by atoms with van der Waals surface area (Å²) in [6.45, 7) is 2.04. The Morgan fingerprint density at radius 2 is 2.08 bits per heavy atom. The molecule has 1 aromatic carbocycles. The van der Waals surface area contributed by atoms with E-state index in [9.17, 15) is 14.4 Å². The molecule has 0 spiro atoms. The number of carbonyl (C=O) groups is 1. The van der Waals surface area contributed by atoms with Crippen molar-refractivity contribution in [1.29, 1.82) is 5.26 Å². The predicted octanol–water partition coefficient (Wildman–Crippen LogP) is 2.47. The van der Waals surface area contributed by atoms with Crippen LogP contribution in [0.25, 0.3) is 0 Å². The van der Waals surface area contributed by atoms with Gasteiger partial charge in [0.1, 0.15) is 23.5 Å². The summed E-state index contributed by atoms with van der Waals surface area (Å²) in [5.74, 6) is 0.286. The molecular weight excluding hydrogens is 359 g/mol. The highest BCUT2D eigenvalue weighted by molar-refractivity contribution is 6.30. The van der Waals surface area contributed by atoms with Crippen molar-refractivity contribution in [2.24, 2.45) is 0 Å². The van der Waals surface area contributed by atoms with E-state index in [2.05, 4.69) is 11.1 Å². The molecule has 0 radical (unpaired) electrons. The zero-order chi connectivity index (χ0) is 18.5. The van der Waals surface area contributed by atoms with Crippen molar-refractivity contribution in [1.82, 2.24) is 9.88 Å². The summed E-state index contributed by atoms with van der Waals surface area (Å²) in [6, 6.07) is 9.54. The zero-order valence-corrected chi connectivity index (χ0v) is 14.6. The smallest absolute Gasteiger partial charge is 0.260 e. The molecule has 1 amide bonds. The Bertz CT molecular complexity index is 847. The second-order valence-corrected chi connectivity index (χ2v) is 6.13. The van der Waals surface area contributed by atoms with Gasteiger partial charge in [-0.2, -0.15) is 5.26 Å². The second-order valence-electron chi connectivity index (χ2n) is 5.72. The van der Waals surface area contributed by atoms with Gasteiger partial charge in [0.2, 0.25) is 0 Å². The Hall–Kier alpha value is -2.85. The highest BCUT2D eigenvalue weighted by atomic mass is 35.5. The number of rotatable bonds is 4. The molecule has 1 aliphatic rings. The fourth-order valence-corrected chi connectivity index (χ4v) is 2.88. The second kappa shape index (κ2) is 8.02. The van der Waals surface area contributed by atoms with Crippen LogP contribution < -0.4 is 9.64 Å². The van der Waals surface area contributed by atoms with E-state index >= 15 is 0 Å². The predicted molar refractivity (Wildman–Crippen MR) is 94.7 cm³/mol. The van der Waals surface area contributed by atoms with Crippen LogP contribution >= 0.6 is 11.6 Å². The van der Waals surface area contributed by atoms with E-state index in [0.29, 0.717) is 43.3 Å². The van der Waals surface area contributed by atoms with E-state index in [1.165, 1.54) is 18.2 Å².